The molecule has 1 heterocycles. The highest BCUT2D eigenvalue weighted by atomic mass is 15.3. The fraction of sp³-hybridized carbons (Fsp3) is 0.385. The highest BCUT2D eigenvalue weighted by Crippen LogP contribution is 2.14. The fourth-order valence-electron chi connectivity index (χ4n) is 1.49. The highest BCUT2D eigenvalue weighted by Gasteiger charge is 1.99. The van der Waals surface area contributed by atoms with Crippen molar-refractivity contribution in [2.45, 2.75) is 27.2 Å². The third-order valence-corrected chi connectivity index (χ3v) is 2.51. The van der Waals surface area contributed by atoms with E-state index >= 15 is 0 Å². The molecule has 0 aliphatic rings. The van der Waals surface area contributed by atoms with Gasteiger partial charge in [0.1, 0.15) is 12.7 Å². The molecule has 0 saturated carbocycles. The molecule has 0 spiro atoms. The number of hydrogen-bond donors (Lipinski definition) is 0. The molecule has 0 atom stereocenters. The first-order valence-electron chi connectivity index (χ1n) is 5.57. The molecule has 1 aromatic heterocycles. The molecule has 0 radical (unpaired) electrons. The summed E-state index contributed by atoms with van der Waals surface area (Å²) in [5.74, 6) is 0.572. The zero-order chi connectivity index (χ0) is 12.0. The third kappa shape index (κ3) is 3.19. The first-order valence-corrected chi connectivity index (χ1v) is 5.57. The van der Waals surface area contributed by atoms with Crippen molar-refractivity contribution in [2.75, 3.05) is 0 Å². The minimum atomic E-state index is 0.572. The lowest BCUT2D eigenvalue weighted by Gasteiger charge is -2.07. The zero-order valence-electron chi connectivity index (χ0n) is 10.2. The molecule has 0 unspecified atom stereocenters. The Bertz CT molecular complexity index is 383. The topological polar surface area (TPSA) is 30.7 Å². The molecule has 0 N–H and O–H groups in total. The van der Waals surface area contributed by atoms with E-state index in [2.05, 4.69) is 43.5 Å². The van der Waals surface area contributed by atoms with Gasteiger partial charge in [0.05, 0.1) is 5.70 Å². The smallest absolute Gasteiger partial charge is 0.138 e. The average Bonchev–Trinajstić information content (AvgIpc) is 2.77. The summed E-state index contributed by atoms with van der Waals surface area (Å²) in [6, 6.07) is 0. The Morgan fingerprint density at radius 3 is 2.62 bits per heavy atom. The van der Waals surface area contributed by atoms with Crippen LogP contribution in [0.2, 0.25) is 0 Å². The molecule has 1 rings (SSSR count). The quantitative estimate of drug-likeness (QED) is 0.708. The molecule has 3 nitrogen and oxygen atoms in total. The van der Waals surface area contributed by atoms with Crippen LogP contribution in [-0.4, -0.2) is 14.8 Å². The molecule has 3 heteroatoms. The normalized spacial score (nSPS) is 13.2. The van der Waals surface area contributed by atoms with Crippen LogP contribution in [0.4, 0.5) is 0 Å². The maximum Gasteiger partial charge on any atom is 0.138 e. The summed E-state index contributed by atoms with van der Waals surface area (Å²) in [5.41, 5.74) is 2.35. The van der Waals surface area contributed by atoms with E-state index in [1.54, 1.807) is 17.1 Å². The van der Waals surface area contributed by atoms with Gasteiger partial charge in [-0.2, -0.15) is 5.10 Å². The Labute approximate surface area is 97.2 Å². The predicted molar refractivity (Wildman–Crippen MR) is 67.7 cm³/mol. The molecular weight excluding hydrogens is 198 g/mol. The summed E-state index contributed by atoms with van der Waals surface area (Å²) < 4.78 is 1.71. The summed E-state index contributed by atoms with van der Waals surface area (Å²) in [6.07, 6.45) is 10.2. The Morgan fingerprint density at radius 2 is 2.19 bits per heavy atom. The predicted octanol–water partition coefficient (Wildman–Crippen LogP) is 3.30. The zero-order valence-corrected chi connectivity index (χ0v) is 10.2. The second kappa shape index (κ2) is 6.05. The van der Waals surface area contributed by atoms with Crippen LogP contribution in [0.1, 0.15) is 27.2 Å². The van der Waals surface area contributed by atoms with Gasteiger partial charge in [0.25, 0.3) is 0 Å². The van der Waals surface area contributed by atoms with E-state index in [0.29, 0.717) is 5.92 Å². The molecule has 0 amide bonds. The first-order chi connectivity index (χ1) is 7.69. The first kappa shape index (κ1) is 12.4. The van der Waals surface area contributed by atoms with Crippen LogP contribution in [0.15, 0.2) is 43.0 Å². The van der Waals surface area contributed by atoms with Crippen molar-refractivity contribution in [3.63, 3.8) is 0 Å². The maximum absolute atomic E-state index is 4.07. The molecule has 0 aliphatic carbocycles. The lowest BCUT2D eigenvalue weighted by atomic mass is 10.0. The van der Waals surface area contributed by atoms with E-state index in [1.807, 2.05) is 6.08 Å². The van der Waals surface area contributed by atoms with E-state index in [1.165, 1.54) is 11.9 Å². The van der Waals surface area contributed by atoms with E-state index in [4.69, 9.17) is 0 Å². The van der Waals surface area contributed by atoms with E-state index in [0.717, 1.165) is 12.1 Å². The number of allylic oxidation sites excluding steroid dienone is 5. The summed E-state index contributed by atoms with van der Waals surface area (Å²) >= 11 is 0. The minimum Gasteiger partial charge on any atom is -0.223 e. The number of rotatable bonds is 5. The van der Waals surface area contributed by atoms with Crippen molar-refractivity contribution >= 4 is 5.70 Å². The molecule has 0 fully saturated rings. The van der Waals surface area contributed by atoms with Crippen molar-refractivity contribution in [2.24, 2.45) is 5.92 Å². The van der Waals surface area contributed by atoms with Crippen molar-refractivity contribution in [1.82, 2.24) is 14.8 Å². The van der Waals surface area contributed by atoms with E-state index < -0.39 is 0 Å². The molecule has 1 aromatic rings. The second-order valence-corrected chi connectivity index (χ2v) is 3.89. The minimum absolute atomic E-state index is 0.572. The SMILES string of the molecule is C=C/C(=C\C=C(/CC)C(C)C)n1cncn1. The van der Waals surface area contributed by atoms with Gasteiger partial charge in [-0.1, -0.05) is 39.0 Å². The van der Waals surface area contributed by atoms with Gasteiger partial charge in [-0.05, 0) is 24.5 Å². The van der Waals surface area contributed by atoms with Gasteiger partial charge < -0.3 is 0 Å². The standard InChI is InChI=1S/C13H19N3/c1-5-12(11(3)4)7-8-13(6-2)16-10-14-9-15-16/h6-11H,2,5H2,1,3-4H3/b12-7+,13-8+. The van der Waals surface area contributed by atoms with Gasteiger partial charge >= 0.3 is 0 Å². The molecule has 0 bridgehead atoms. The summed E-state index contributed by atoms with van der Waals surface area (Å²) in [4.78, 5) is 3.92. The summed E-state index contributed by atoms with van der Waals surface area (Å²) in [6.45, 7) is 10.4. The van der Waals surface area contributed by atoms with Crippen molar-refractivity contribution in [1.29, 1.82) is 0 Å². The van der Waals surface area contributed by atoms with Gasteiger partial charge in [0.15, 0.2) is 0 Å². The van der Waals surface area contributed by atoms with E-state index in [-0.39, 0.29) is 0 Å². The molecule has 0 saturated heterocycles. The lowest BCUT2D eigenvalue weighted by molar-refractivity contribution is 0.732. The van der Waals surface area contributed by atoms with Gasteiger partial charge in [0, 0.05) is 0 Å². The number of nitrogens with zero attached hydrogens (tertiary/aromatic N) is 3. The van der Waals surface area contributed by atoms with Crippen LogP contribution in [0.5, 0.6) is 0 Å². The van der Waals surface area contributed by atoms with Crippen molar-refractivity contribution in [3.05, 3.63) is 43.0 Å². The Kier molecular flexibility index (Phi) is 4.70. The Morgan fingerprint density at radius 1 is 1.44 bits per heavy atom. The molecular formula is C13H19N3. The van der Waals surface area contributed by atoms with Crippen LogP contribution in [0, 0.1) is 5.92 Å². The Balaban J connectivity index is 2.93. The average molecular weight is 217 g/mol. The van der Waals surface area contributed by atoms with Gasteiger partial charge in [-0.3, -0.25) is 0 Å². The molecule has 16 heavy (non-hydrogen) atoms. The van der Waals surface area contributed by atoms with Gasteiger partial charge in [-0.15, -0.1) is 0 Å². The summed E-state index contributed by atoms with van der Waals surface area (Å²) in [7, 11) is 0. The van der Waals surface area contributed by atoms with Crippen molar-refractivity contribution in [3.8, 4) is 0 Å². The number of hydrogen-bond acceptors (Lipinski definition) is 2. The van der Waals surface area contributed by atoms with Crippen molar-refractivity contribution < 1.29 is 0 Å². The highest BCUT2D eigenvalue weighted by molar-refractivity contribution is 5.57. The van der Waals surface area contributed by atoms with Crippen LogP contribution in [-0.2, 0) is 0 Å². The van der Waals surface area contributed by atoms with Crippen LogP contribution in [0.25, 0.3) is 5.70 Å². The third-order valence-electron chi connectivity index (χ3n) is 2.51. The fourth-order valence-corrected chi connectivity index (χ4v) is 1.49. The van der Waals surface area contributed by atoms with Crippen LogP contribution in [0.3, 0.4) is 0 Å². The van der Waals surface area contributed by atoms with E-state index in [9.17, 15) is 0 Å². The lowest BCUT2D eigenvalue weighted by Crippen LogP contribution is -1.95. The monoisotopic (exact) mass is 217 g/mol. The molecule has 0 aromatic carbocycles. The van der Waals surface area contributed by atoms with Gasteiger partial charge in [0.2, 0.25) is 0 Å². The second-order valence-electron chi connectivity index (χ2n) is 3.89. The Hall–Kier alpha value is -1.64. The maximum atomic E-state index is 4.07. The van der Waals surface area contributed by atoms with Gasteiger partial charge in [-0.25, -0.2) is 9.67 Å². The number of aromatic nitrogens is 3. The largest absolute Gasteiger partial charge is 0.223 e. The van der Waals surface area contributed by atoms with Crippen LogP contribution < -0.4 is 0 Å². The molecule has 86 valence electrons. The summed E-state index contributed by atoms with van der Waals surface area (Å²) in [5, 5.41) is 4.07. The van der Waals surface area contributed by atoms with Crippen LogP contribution >= 0.6 is 0 Å². The molecule has 0 aliphatic heterocycles.